The van der Waals surface area contributed by atoms with Crippen LogP contribution < -0.4 is 9.47 Å². The summed E-state index contributed by atoms with van der Waals surface area (Å²) in [4.78, 5) is 0. The lowest BCUT2D eigenvalue weighted by atomic mass is 10.00. The Morgan fingerprint density at radius 1 is 1.10 bits per heavy atom. The Hall–Kier alpha value is -2.00. The van der Waals surface area contributed by atoms with Gasteiger partial charge in [-0.05, 0) is 30.7 Å². The van der Waals surface area contributed by atoms with Crippen LogP contribution in [0.25, 0.3) is 0 Å². The van der Waals surface area contributed by atoms with Crippen LogP contribution in [0.5, 0.6) is 11.5 Å². The molecule has 0 heterocycles. The average Bonchev–Trinajstić information content (AvgIpc) is 2.48. The minimum Gasteiger partial charge on any atom is -0.496 e. The number of hydrogen-bond donors (Lipinski definition) is 1. The largest absolute Gasteiger partial charge is 0.496 e. The third-order valence-corrected chi connectivity index (χ3v) is 3.24. The fraction of sp³-hybridized carbons (Fsp3) is 0.294. The molecule has 0 aliphatic heterocycles. The highest BCUT2D eigenvalue weighted by atomic mass is 16.5. The zero-order valence-corrected chi connectivity index (χ0v) is 11.9. The molecule has 3 heteroatoms. The maximum Gasteiger partial charge on any atom is 0.122 e. The minimum absolute atomic E-state index is 0.0200. The summed E-state index contributed by atoms with van der Waals surface area (Å²) in [5.74, 6) is 1.49. The monoisotopic (exact) mass is 272 g/mol. The first-order chi connectivity index (χ1) is 9.74. The highest BCUT2D eigenvalue weighted by molar-refractivity contribution is 5.36. The van der Waals surface area contributed by atoms with E-state index in [1.54, 1.807) is 7.11 Å². The van der Waals surface area contributed by atoms with Gasteiger partial charge in [0.25, 0.3) is 0 Å². The first-order valence-electron chi connectivity index (χ1n) is 6.68. The Labute approximate surface area is 119 Å². The molecule has 2 aromatic carbocycles. The molecule has 2 rings (SSSR count). The molecular formula is C17H20O3. The van der Waals surface area contributed by atoms with Crippen LogP contribution in [0.1, 0.15) is 17.0 Å². The number of rotatable bonds is 6. The summed E-state index contributed by atoms with van der Waals surface area (Å²) >= 11 is 0. The Kier molecular flexibility index (Phi) is 5.02. The topological polar surface area (TPSA) is 38.7 Å². The lowest BCUT2D eigenvalue weighted by Gasteiger charge is -2.18. The second-order valence-electron chi connectivity index (χ2n) is 4.75. The fourth-order valence-electron chi connectivity index (χ4n) is 2.15. The number of benzene rings is 2. The quantitative estimate of drug-likeness (QED) is 0.878. The molecule has 0 fully saturated rings. The van der Waals surface area contributed by atoms with Crippen LogP contribution in [0.2, 0.25) is 0 Å². The predicted molar refractivity (Wildman–Crippen MR) is 79.5 cm³/mol. The number of aliphatic hydroxyl groups excluding tert-OH is 1. The van der Waals surface area contributed by atoms with E-state index < -0.39 is 0 Å². The van der Waals surface area contributed by atoms with Crippen molar-refractivity contribution in [2.45, 2.75) is 12.8 Å². The van der Waals surface area contributed by atoms with E-state index in [1.807, 2.05) is 55.5 Å². The van der Waals surface area contributed by atoms with Gasteiger partial charge >= 0.3 is 0 Å². The van der Waals surface area contributed by atoms with Gasteiger partial charge in [0.1, 0.15) is 11.5 Å². The number of methoxy groups -OCH3 is 1. The summed E-state index contributed by atoms with van der Waals surface area (Å²) in [6.07, 6.45) is 0. The molecule has 0 saturated heterocycles. The Morgan fingerprint density at radius 3 is 2.60 bits per heavy atom. The molecule has 0 aliphatic carbocycles. The van der Waals surface area contributed by atoms with Crippen LogP contribution in [0.3, 0.4) is 0 Å². The van der Waals surface area contributed by atoms with Gasteiger partial charge in [-0.25, -0.2) is 0 Å². The zero-order valence-electron chi connectivity index (χ0n) is 11.9. The maximum atomic E-state index is 9.60. The van der Waals surface area contributed by atoms with Crippen molar-refractivity contribution < 1.29 is 14.6 Å². The molecule has 106 valence electrons. The van der Waals surface area contributed by atoms with E-state index >= 15 is 0 Å². The van der Waals surface area contributed by atoms with E-state index in [-0.39, 0.29) is 12.5 Å². The van der Waals surface area contributed by atoms with Crippen molar-refractivity contribution in [3.05, 3.63) is 59.7 Å². The third kappa shape index (κ3) is 3.52. The van der Waals surface area contributed by atoms with Crippen molar-refractivity contribution in [2.24, 2.45) is 0 Å². The Morgan fingerprint density at radius 2 is 1.90 bits per heavy atom. The molecule has 0 bridgehead atoms. The molecule has 1 unspecified atom stereocenters. The molecule has 1 atom stereocenters. The molecule has 2 aromatic rings. The summed E-state index contributed by atoms with van der Waals surface area (Å²) in [6, 6.07) is 15.6. The van der Waals surface area contributed by atoms with Gasteiger partial charge in [-0.15, -0.1) is 0 Å². The standard InChI is InChI=1S/C17H20O3/c1-13-6-5-7-15(10-13)20-12-14(11-18)16-8-3-4-9-17(16)19-2/h3-10,14,18H,11-12H2,1-2H3. The zero-order chi connectivity index (χ0) is 14.4. The highest BCUT2D eigenvalue weighted by Crippen LogP contribution is 2.27. The predicted octanol–water partition coefficient (Wildman–Crippen LogP) is 3.16. The van der Waals surface area contributed by atoms with Gasteiger partial charge in [-0.1, -0.05) is 30.3 Å². The SMILES string of the molecule is COc1ccccc1C(CO)COc1cccc(C)c1. The molecular weight excluding hydrogens is 252 g/mol. The van der Waals surface area contributed by atoms with Gasteiger partial charge in [0.05, 0.1) is 20.3 Å². The summed E-state index contributed by atoms with van der Waals surface area (Å²) in [5.41, 5.74) is 2.12. The van der Waals surface area contributed by atoms with Crippen LogP contribution in [0.4, 0.5) is 0 Å². The number of hydrogen-bond acceptors (Lipinski definition) is 3. The van der Waals surface area contributed by atoms with Crippen molar-refractivity contribution in [1.82, 2.24) is 0 Å². The molecule has 0 aromatic heterocycles. The van der Waals surface area contributed by atoms with E-state index in [4.69, 9.17) is 9.47 Å². The Bertz CT molecular complexity index is 551. The summed E-state index contributed by atoms with van der Waals surface area (Å²) in [6.45, 7) is 2.46. The molecule has 0 spiro atoms. The van der Waals surface area contributed by atoms with Gasteiger partial charge in [0, 0.05) is 11.5 Å². The Balaban J connectivity index is 2.09. The number of aryl methyl sites for hydroxylation is 1. The number of ether oxygens (including phenoxy) is 2. The van der Waals surface area contributed by atoms with Crippen molar-refractivity contribution >= 4 is 0 Å². The van der Waals surface area contributed by atoms with Crippen molar-refractivity contribution in [1.29, 1.82) is 0 Å². The van der Waals surface area contributed by atoms with Gasteiger partial charge in [0.15, 0.2) is 0 Å². The summed E-state index contributed by atoms with van der Waals surface area (Å²) in [7, 11) is 1.63. The lowest BCUT2D eigenvalue weighted by Crippen LogP contribution is -2.15. The number of para-hydroxylation sites is 1. The first-order valence-corrected chi connectivity index (χ1v) is 6.68. The van der Waals surface area contributed by atoms with E-state index in [2.05, 4.69) is 0 Å². The second-order valence-corrected chi connectivity index (χ2v) is 4.75. The van der Waals surface area contributed by atoms with Gasteiger partial charge in [-0.2, -0.15) is 0 Å². The van der Waals surface area contributed by atoms with Gasteiger partial charge < -0.3 is 14.6 Å². The molecule has 0 amide bonds. The smallest absolute Gasteiger partial charge is 0.122 e. The third-order valence-electron chi connectivity index (χ3n) is 3.24. The molecule has 1 N–H and O–H groups in total. The van der Waals surface area contributed by atoms with E-state index in [0.717, 1.165) is 22.6 Å². The molecule has 20 heavy (non-hydrogen) atoms. The minimum atomic E-state index is -0.105. The van der Waals surface area contributed by atoms with Crippen LogP contribution >= 0.6 is 0 Å². The van der Waals surface area contributed by atoms with Gasteiger partial charge in [-0.3, -0.25) is 0 Å². The second kappa shape index (κ2) is 6.96. The normalized spacial score (nSPS) is 11.9. The van der Waals surface area contributed by atoms with E-state index in [9.17, 15) is 5.11 Å². The summed E-state index contributed by atoms with van der Waals surface area (Å²) < 4.78 is 11.1. The fourth-order valence-corrected chi connectivity index (χ4v) is 2.15. The lowest BCUT2D eigenvalue weighted by molar-refractivity contribution is 0.202. The van der Waals surface area contributed by atoms with Crippen molar-refractivity contribution in [2.75, 3.05) is 20.3 Å². The molecule has 0 radical (unpaired) electrons. The highest BCUT2D eigenvalue weighted by Gasteiger charge is 2.15. The van der Waals surface area contributed by atoms with Crippen LogP contribution in [0.15, 0.2) is 48.5 Å². The molecule has 0 saturated carbocycles. The van der Waals surface area contributed by atoms with Crippen molar-refractivity contribution in [3.8, 4) is 11.5 Å². The van der Waals surface area contributed by atoms with E-state index in [0.29, 0.717) is 6.61 Å². The van der Waals surface area contributed by atoms with Gasteiger partial charge in [0.2, 0.25) is 0 Å². The van der Waals surface area contributed by atoms with Crippen molar-refractivity contribution in [3.63, 3.8) is 0 Å². The average molecular weight is 272 g/mol. The molecule has 0 aliphatic rings. The van der Waals surface area contributed by atoms with Crippen LogP contribution in [-0.4, -0.2) is 25.4 Å². The van der Waals surface area contributed by atoms with Crippen LogP contribution in [0, 0.1) is 6.92 Å². The van der Waals surface area contributed by atoms with E-state index in [1.165, 1.54) is 0 Å². The molecule has 3 nitrogen and oxygen atoms in total. The first kappa shape index (κ1) is 14.4. The number of aliphatic hydroxyl groups is 1. The summed E-state index contributed by atoms with van der Waals surface area (Å²) in [5, 5.41) is 9.60. The van der Waals surface area contributed by atoms with Crippen LogP contribution in [-0.2, 0) is 0 Å². The maximum absolute atomic E-state index is 9.60.